The first-order valence-corrected chi connectivity index (χ1v) is 6.44. The number of rotatable bonds is 3. The Hall–Kier alpha value is -1.85. The second kappa shape index (κ2) is 5.64. The smallest absolute Gasteiger partial charge is 0.303 e. The molecule has 0 aliphatic rings. The van der Waals surface area contributed by atoms with E-state index in [1.54, 1.807) is 25.1 Å². The van der Waals surface area contributed by atoms with Gasteiger partial charge in [-0.1, -0.05) is 29.3 Å². The normalized spacial score (nSPS) is 10.6. The van der Waals surface area contributed by atoms with Gasteiger partial charge in [-0.25, -0.2) is 0 Å². The summed E-state index contributed by atoms with van der Waals surface area (Å²) in [6, 6.07) is 7.65. The zero-order valence-corrected chi connectivity index (χ0v) is 12.0. The highest BCUT2D eigenvalue weighted by Gasteiger charge is 2.16. The second-order valence-corrected chi connectivity index (χ2v) is 5.09. The van der Waals surface area contributed by atoms with Crippen molar-refractivity contribution >= 4 is 28.9 Å². The Labute approximate surface area is 124 Å². The van der Waals surface area contributed by atoms with Crippen LogP contribution in [-0.2, 0) is 6.54 Å². The Bertz CT molecular complexity index is 741. The molecule has 2 rings (SSSR count). The molecule has 20 heavy (non-hydrogen) atoms. The van der Waals surface area contributed by atoms with Crippen molar-refractivity contribution in [3.8, 4) is 0 Å². The number of aryl methyl sites for hydroxylation is 1. The zero-order valence-electron chi connectivity index (χ0n) is 10.5. The van der Waals surface area contributed by atoms with Crippen LogP contribution in [0.5, 0.6) is 0 Å². The fourth-order valence-corrected chi connectivity index (χ4v) is 2.28. The minimum absolute atomic E-state index is 0.155. The number of nitro groups is 1. The molecule has 0 N–H and O–H groups in total. The summed E-state index contributed by atoms with van der Waals surface area (Å²) in [4.78, 5) is 22.2. The van der Waals surface area contributed by atoms with Crippen molar-refractivity contribution in [3.63, 3.8) is 0 Å². The molecular weight excluding hydrogens is 303 g/mol. The fraction of sp³-hybridized carbons (Fsp3) is 0.154. The van der Waals surface area contributed by atoms with Crippen LogP contribution in [0.25, 0.3) is 0 Å². The van der Waals surface area contributed by atoms with Gasteiger partial charge < -0.3 is 4.57 Å². The van der Waals surface area contributed by atoms with Crippen molar-refractivity contribution < 1.29 is 4.92 Å². The molecule has 0 saturated carbocycles. The third kappa shape index (κ3) is 2.84. The van der Waals surface area contributed by atoms with Gasteiger partial charge in [0.15, 0.2) is 0 Å². The maximum atomic E-state index is 12.1. The second-order valence-electron chi connectivity index (χ2n) is 4.24. The van der Waals surface area contributed by atoms with Crippen LogP contribution in [0.4, 0.5) is 5.69 Å². The van der Waals surface area contributed by atoms with Crippen LogP contribution in [-0.4, -0.2) is 9.49 Å². The Morgan fingerprint density at radius 2 is 1.95 bits per heavy atom. The lowest BCUT2D eigenvalue weighted by molar-refractivity contribution is -0.386. The van der Waals surface area contributed by atoms with Crippen molar-refractivity contribution in [3.05, 3.63) is 72.1 Å². The summed E-state index contributed by atoms with van der Waals surface area (Å²) in [5, 5.41) is 11.7. The third-order valence-corrected chi connectivity index (χ3v) is 3.50. The molecule has 5 nitrogen and oxygen atoms in total. The van der Waals surface area contributed by atoms with E-state index in [1.807, 2.05) is 0 Å². The van der Waals surface area contributed by atoms with Gasteiger partial charge in [0.05, 0.1) is 11.5 Å². The van der Waals surface area contributed by atoms with Crippen LogP contribution >= 0.6 is 23.2 Å². The van der Waals surface area contributed by atoms with Gasteiger partial charge in [-0.3, -0.25) is 14.9 Å². The minimum atomic E-state index is -0.693. The number of hydrogen-bond donors (Lipinski definition) is 0. The van der Waals surface area contributed by atoms with Gasteiger partial charge in [0.2, 0.25) is 0 Å². The van der Waals surface area contributed by atoms with Crippen LogP contribution in [0.2, 0.25) is 10.0 Å². The molecule has 0 fully saturated rings. The molecule has 0 saturated heterocycles. The van der Waals surface area contributed by atoms with E-state index in [-0.39, 0.29) is 6.54 Å². The molecule has 7 heteroatoms. The van der Waals surface area contributed by atoms with Crippen molar-refractivity contribution in [2.45, 2.75) is 13.5 Å². The molecule has 0 radical (unpaired) electrons. The standard InChI is InChI=1S/C13H10Cl2N2O3/c1-8-2-5-12(17(19)20)13(18)16(8)7-9-3-4-10(14)6-11(9)15/h2-6H,7H2,1H3. The first kappa shape index (κ1) is 14.6. The first-order valence-electron chi connectivity index (χ1n) is 5.69. The largest absolute Gasteiger partial charge is 0.334 e. The highest BCUT2D eigenvalue weighted by molar-refractivity contribution is 6.35. The SMILES string of the molecule is Cc1ccc([N+](=O)[O-])c(=O)n1Cc1ccc(Cl)cc1Cl. The molecule has 2 aromatic rings. The molecule has 0 unspecified atom stereocenters. The topological polar surface area (TPSA) is 65.1 Å². The predicted molar refractivity (Wildman–Crippen MR) is 77.7 cm³/mol. The van der Waals surface area contributed by atoms with Crippen LogP contribution in [0, 0.1) is 17.0 Å². The summed E-state index contributed by atoms with van der Waals surface area (Å²) in [5.41, 5.74) is 0.176. The molecule has 0 spiro atoms. The number of pyridine rings is 1. The minimum Gasteiger partial charge on any atom is -0.303 e. The van der Waals surface area contributed by atoms with E-state index in [2.05, 4.69) is 0 Å². The maximum Gasteiger partial charge on any atom is 0.334 e. The predicted octanol–water partition coefficient (Wildman–Crippen LogP) is 3.42. The van der Waals surface area contributed by atoms with E-state index in [0.29, 0.717) is 21.3 Å². The van der Waals surface area contributed by atoms with E-state index >= 15 is 0 Å². The quantitative estimate of drug-likeness (QED) is 0.644. The van der Waals surface area contributed by atoms with Gasteiger partial charge in [-0.05, 0) is 30.7 Å². The Kier molecular flexibility index (Phi) is 4.11. The van der Waals surface area contributed by atoms with Crippen LogP contribution < -0.4 is 5.56 Å². The molecule has 0 amide bonds. The Morgan fingerprint density at radius 3 is 2.55 bits per heavy atom. The van der Waals surface area contributed by atoms with Crippen molar-refractivity contribution in [1.82, 2.24) is 4.57 Å². The monoisotopic (exact) mass is 312 g/mol. The van der Waals surface area contributed by atoms with Crippen molar-refractivity contribution in [2.24, 2.45) is 0 Å². The molecule has 0 atom stereocenters. The third-order valence-electron chi connectivity index (χ3n) is 2.91. The molecule has 0 bridgehead atoms. The number of halogens is 2. The highest BCUT2D eigenvalue weighted by Crippen LogP contribution is 2.22. The van der Waals surface area contributed by atoms with E-state index in [9.17, 15) is 14.9 Å². The average Bonchev–Trinajstić information content (AvgIpc) is 2.36. The summed E-state index contributed by atoms with van der Waals surface area (Å²) in [5.74, 6) is 0. The van der Waals surface area contributed by atoms with Crippen molar-refractivity contribution in [1.29, 1.82) is 0 Å². The lowest BCUT2D eigenvalue weighted by Crippen LogP contribution is -2.24. The molecule has 1 aromatic heterocycles. The number of hydrogen-bond acceptors (Lipinski definition) is 3. The van der Waals surface area contributed by atoms with Crippen molar-refractivity contribution in [2.75, 3.05) is 0 Å². The zero-order chi connectivity index (χ0) is 14.9. The molecule has 104 valence electrons. The molecule has 0 aliphatic carbocycles. The summed E-state index contributed by atoms with van der Waals surface area (Å²) in [7, 11) is 0. The van der Waals surface area contributed by atoms with E-state index in [4.69, 9.17) is 23.2 Å². The number of aromatic nitrogens is 1. The fourth-order valence-electron chi connectivity index (χ4n) is 1.81. The highest BCUT2D eigenvalue weighted by atomic mass is 35.5. The molecule has 0 aliphatic heterocycles. The first-order chi connectivity index (χ1) is 9.40. The van der Waals surface area contributed by atoms with E-state index in [0.717, 1.165) is 0 Å². The van der Waals surface area contributed by atoms with Gasteiger partial charge in [0.25, 0.3) is 0 Å². The Morgan fingerprint density at radius 1 is 1.25 bits per heavy atom. The summed E-state index contributed by atoms with van der Waals surface area (Å²) >= 11 is 11.9. The van der Waals surface area contributed by atoms with Gasteiger partial charge in [-0.15, -0.1) is 0 Å². The summed E-state index contributed by atoms with van der Waals surface area (Å²) < 4.78 is 1.31. The number of benzene rings is 1. The van der Waals surface area contributed by atoms with Crippen LogP contribution in [0.15, 0.2) is 35.1 Å². The molecule has 1 heterocycles. The average molecular weight is 313 g/mol. The van der Waals surface area contributed by atoms with Crippen LogP contribution in [0.3, 0.4) is 0 Å². The number of nitrogens with zero attached hydrogens (tertiary/aromatic N) is 2. The summed E-state index contributed by atoms with van der Waals surface area (Å²) in [6.07, 6.45) is 0. The lowest BCUT2D eigenvalue weighted by atomic mass is 10.2. The van der Waals surface area contributed by atoms with E-state index in [1.165, 1.54) is 16.7 Å². The lowest BCUT2D eigenvalue weighted by Gasteiger charge is -2.11. The summed E-state index contributed by atoms with van der Waals surface area (Å²) in [6.45, 7) is 1.86. The van der Waals surface area contributed by atoms with Gasteiger partial charge in [-0.2, -0.15) is 0 Å². The van der Waals surface area contributed by atoms with Gasteiger partial charge in [0, 0.05) is 21.8 Å². The Balaban J connectivity index is 2.51. The molecular formula is C13H10Cl2N2O3. The molecule has 1 aromatic carbocycles. The van der Waals surface area contributed by atoms with Gasteiger partial charge in [0.1, 0.15) is 0 Å². The van der Waals surface area contributed by atoms with Gasteiger partial charge >= 0.3 is 11.2 Å². The van der Waals surface area contributed by atoms with Crippen LogP contribution in [0.1, 0.15) is 11.3 Å². The van der Waals surface area contributed by atoms with E-state index < -0.39 is 16.2 Å². The maximum absolute atomic E-state index is 12.1.